The predicted molar refractivity (Wildman–Crippen MR) is 93.9 cm³/mol. The van der Waals surface area contributed by atoms with Crippen molar-refractivity contribution in [1.29, 1.82) is 0 Å². The third kappa shape index (κ3) is 3.25. The Kier molecular flexibility index (Phi) is 4.61. The third-order valence-electron chi connectivity index (χ3n) is 4.67. The quantitative estimate of drug-likeness (QED) is 0.651. The average Bonchev–Trinajstić information content (AvgIpc) is 3.32. The highest BCUT2D eigenvalue weighted by Crippen LogP contribution is 2.35. The molecular weight excluding hydrogens is 371 g/mol. The van der Waals surface area contributed by atoms with E-state index in [1.165, 1.54) is 39.8 Å². The minimum absolute atomic E-state index is 0.288. The molecule has 1 aliphatic heterocycles. The monoisotopic (exact) mass is 388 g/mol. The third-order valence-corrected chi connectivity index (χ3v) is 4.67. The second-order valence-electron chi connectivity index (χ2n) is 6.53. The molecule has 1 aliphatic rings. The van der Waals surface area contributed by atoms with Crippen LogP contribution in [0.15, 0.2) is 40.1 Å². The number of aliphatic hydroxyl groups excluding tert-OH is 1. The minimum atomic E-state index is -0.703. The molecule has 1 aromatic carbocycles. The molecule has 0 radical (unpaired) electrons. The van der Waals surface area contributed by atoms with E-state index in [1.807, 2.05) is 0 Å². The molecule has 1 saturated heterocycles. The molecule has 3 heterocycles. The number of aliphatic hydroxyl groups is 1. The number of halogens is 1. The van der Waals surface area contributed by atoms with Gasteiger partial charge in [0.1, 0.15) is 24.2 Å². The summed E-state index contributed by atoms with van der Waals surface area (Å²) in [6.45, 7) is 1.27. The van der Waals surface area contributed by atoms with Gasteiger partial charge in [-0.3, -0.25) is 14.3 Å². The number of nitrogens with zero attached hydrogens (tertiary/aromatic N) is 5. The molecule has 146 valence electrons. The summed E-state index contributed by atoms with van der Waals surface area (Å²) in [6, 6.07) is 5.20. The first-order chi connectivity index (χ1) is 13.5. The van der Waals surface area contributed by atoms with Crippen molar-refractivity contribution in [1.82, 2.24) is 29.8 Å². The van der Waals surface area contributed by atoms with Crippen LogP contribution in [0.25, 0.3) is 11.4 Å². The van der Waals surface area contributed by atoms with E-state index in [9.17, 15) is 19.1 Å². The molecule has 0 unspecified atom stereocenters. The first kappa shape index (κ1) is 18.2. The van der Waals surface area contributed by atoms with Crippen molar-refractivity contribution >= 4 is 0 Å². The van der Waals surface area contributed by atoms with Crippen molar-refractivity contribution in [3.8, 4) is 11.4 Å². The molecule has 0 bridgehead atoms. The number of hydrogen-bond donors (Lipinski definition) is 2. The fourth-order valence-corrected chi connectivity index (χ4v) is 3.17. The fraction of sp³-hybridized carbons (Fsp3) is 0.353. The van der Waals surface area contributed by atoms with Gasteiger partial charge < -0.3 is 9.84 Å². The second kappa shape index (κ2) is 7.09. The molecule has 10 nitrogen and oxygen atoms in total. The maximum Gasteiger partial charge on any atom is 0.330 e. The smallest absolute Gasteiger partial charge is 0.330 e. The SMILES string of the molecule is Cc1cn([C@H]2C[C@H](n3nnc(-c4ccc(F)cc4)n3)[C@@H](CO)O2)c(=O)[nH]c1=O. The Hall–Kier alpha value is -3.18. The maximum atomic E-state index is 13.1. The summed E-state index contributed by atoms with van der Waals surface area (Å²) in [4.78, 5) is 27.2. The molecule has 0 amide bonds. The molecule has 0 aliphatic carbocycles. The number of ether oxygens (including phenoxy) is 1. The fourth-order valence-electron chi connectivity index (χ4n) is 3.17. The molecule has 3 atom stereocenters. The molecule has 4 rings (SSSR count). The van der Waals surface area contributed by atoms with E-state index < -0.39 is 29.6 Å². The lowest BCUT2D eigenvalue weighted by Crippen LogP contribution is -2.33. The number of nitrogens with one attached hydrogen (secondary N) is 1. The largest absolute Gasteiger partial charge is 0.394 e. The number of aromatic amines is 1. The van der Waals surface area contributed by atoms with Crippen LogP contribution < -0.4 is 11.2 Å². The molecule has 28 heavy (non-hydrogen) atoms. The summed E-state index contributed by atoms with van der Waals surface area (Å²) in [7, 11) is 0. The van der Waals surface area contributed by atoms with Gasteiger partial charge in [0, 0.05) is 23.7 Å². The number of rotatable bonds is 4. The lowest BCUT2D eigenvalue weighted by Gasteiger charge is -2.15. The Balaban J connectivity index is 1.62. The van der Waals surface area contributed by atoms with E-state index in [4.69, 9.17) is 4.74 Å². The van der Waals surface area contributed by atoms with Gasteiger partial charge in [-0.15, -0.1) is 10.2 Å². The highest BCUT2D eigenvalue weighted by atomic mass is 19.1. The van der Waals surface area contributed by atoms with E-state index in [0.29, 0.717) is 17.0 Å². The van der Waals surface area contributed by atoms with Gasteiger partial charge >= 0.3 is 5.69 Å². The predicted octanol–water partition coefficient (Wildman–Crippen LogP) is 0.159. The molecule has 0 saturated carbocycles. The molecule has 2 N–H and O–H groups in total. The zero-order valence-corrected chi connectivity index (χ0v) is 14.8. The lowest BCUT2D eigenvalue weighted by molar-refractivity contribution is -0.0332. The number of H-pyrrole nitrogens is 1. The van der Waals surface area contributed by atoms with E-state index in [-0.39, 0.29) is 18.8 Å². The summed E-state index contributed by atoms with van der Waals surface area (Å²) in [5.74, 6) is -0.0673. The normalized spacial score (nSPS) is 21.9. The Labute approximate surface area is 157 Å². The highest BCUT2D eigenvalue weighted by Gasteiger charge is 2.39. The zero-order chi connectivity index (χ0) is 19.8. The van der Waals surface area contributed by atoms with Gasteiger partial charge in [0.05, 0.1) is 6.61 Å². The van der Waals surface area contributed by atoms with Crippen LogP contribution in [-0.4, -0.2) is 47.6 Å². The van der Waals surface area contributed by atoms with E-state index >= 15 is 0 Å². The van der Waals surface area contributed by atoms with Crippen LogP contribution in [0.5, 0.6) is 0 Å². The number of hydrogen-bond acceptors (Lipinski definition) is 7. The number of aryl methyl sites for hydroxylation is 1. The van der Waals surface area contributed by atoms with Crippen molar-refractivity contribution in [2.75, 3.05) is 6.61 Å². The van der Waals surface area contributed by atoms with Gasteiger partial charge in [-0.05, 0) is 36.4 Å². The second-order valence-corrected chi connectivity index (χ2v) is 6.53. The van der Waals surface area contributed by atoms with Crippen LogP contribution in [0.3, 0.4) is 0 Å². The van der Waals surface area contributed by atoms with Crippen molar-refractivity contribution in [3.63, 3.8) is 0 Å². The van der Waals surface area contributed by atoms with Crippen LogP contribution >= 0.6 is 0 Å². The Bertz CT molecular complexity index is 1110. The number of aromatic nitrogens is 6. The summed E-state index contributed by atoms with van der Waals surface area (Å²) < 4.78 is 20.1. The maximum absolute atomic E-state index is 13.1. The molecule has 1 fully saturated rings. The zero-order valence-electron chi connectivity index (χ0n) is 14.8. The standard InChI is InChI=1S/C17H17FN6O4/c1-9-7-23(17(27)19-16(9)26)14-6-12(13(8-25)28-14)24-21-15(20-22-24)10-2-4-11(18)5-3-10/h2-5,7,12-14,25H,6,8H2,1H3,(H,19,26,27)/t12-,13+,14+/m0/s1. The van der Waals surface area contributed by atoms with Crippen LogP contribution in [0.2, 0.25) is 0 Å². The van der Waals surface area contributed by atoms with Gasteiger partial charge in [0.2, 0.25) is 5.82 Å². The Morgan fingerprint density at radius 3 is 2.79 bits per heavy atom. The van der Waals surface area contributed by atoms with Gasteiger partial charge in [-0.25, -0.2) is 9.18 Å². The van der Waals surface area contributed by atoms with Crippen molar-refractivity contribution < 1.29 is 14.2 Å². The Morgan fingerprint density at radius 2 is 2.07 bits per heavy atom. The van der Waals surface area contributed by atoms with Crippen LogP contribution in [0.4, 0.5) is 4.39 Å². The van der Waals surface area contributed by atoms with Gasteiger partial charge in [0.25, 0.3) is 5.56 Å². The van der Waals surface area contributed by atoms with E-state index in [0.717, 1.165) is 0 Å². The minimum Gasteiger partial charge on any atom is -0.394 e. The molecule has 2 aromatic heterocycles. The van der Waals surface area contributed by atoms with E-state index in [2.05, 4.69) is 20.4 Å². The van der Waals surface area contributed by atoms with Crippen LogP contribution in [0, 0.1) is 12.7 Å². The van der Waals surface area contributed by atoms with Crippen LogP contribution in [-0.2, 0) is 4.74 Å². The average molecular weight is 388 g/mol. The topological polar surface area (TPSA) is 128 Å². The highest BCUT2D eigenvalue weighted by molar-refractivity contribution is 5.53. The van der Waals surface area contributed by atoms with Crippen molar-refractivity contribution in [2.45, 2.75) is 31.7 Å². The summed E-state index contributed by atoms with van der Waals surface area (Å²) in [6.07, 6.45) is 0.335. The Morgan fingerprint density at radius 1 is 1.32 bits per heavy atom. The van der Waals surface area contributed by atoms with Gasteiger partial charge in [-0.2, -0.15) is 4.80 Å². The van der Waals surface area contributed by atoms with Gasteiger partial charge in [-0.1, -0.05) is 0 Å². The van der Waals surface area contributed by atoms with Crippen LogP contribution in [0.1, 0.15) is 24.3 Å². The molecular formula is C17H17FN6O4. The molecule has 3 aromatic rings. The molecule has 11 heteroatoms. The number of benzene rings is 1. The van der Waals surface area contributed by atoms with Crippen molar-refractivity contribution in [2.24, 2.45) is 0 Å². The number of tetrazole rings is 1. The molecule has 0 spiro atoms. The van der Waals surface area contributed by atoms with Crippen molar-refractivity contribution in [3.05, 3.63) is 62.7 Å². The van der Waals surface area contributed by atoms with E-state index in [1.54, 1.807) is 6.92 Å². The first-order valence-electron chi connectivity index (χ1n) is 8.60. The van der Waals surface area contributed by atoms with Gasteiger partial charge in [0.15, 0.2) is 0 Å². The summed E-state index contributed by atoms with van der Waals surface area (Å²) in [5, 5.41) is 22.0. The first-order valence-corrected chi connectivity index (χ1v) is 8.60. The summed E-state index contributed by atoms with van der Waals surface area (Å²) in [5.41, 5.74) is -0.103. The lowest BCUT2D eigenvalue weighted by atomic mass is 10.1. The summed E-state index contributed by atoms with van der Waals surface area (Å²) >= 11 is 0.